The molecule has 0 bridgehead atoms. The summed E-state index contributed by atoms with van der Waals surface area (Å²) in [5.41, 5.74) is 1.47. The maximum Gasteiger partial charge on any atom is 0.284 e. The lowest BCUT2D eigenvalue weighted by molar-refractivity contribution is -0.393. The molecule has 3 aromatic carbocycles. The van der Waals surface area contributed by atoms with Crippen molar-refractivity contribution in [3.05, 3.63) is 102 Å². The van der Waals surface area contributed by atoms with Gasteiger partial charge in [-0.15, -0.1) is 0 Å². The van der Waals surface area contributed by atoms with Crippen LogP contribution in [0.3, 0.4) is 0 Å². The van der Waals surface area contributed by atoms with Crippen molar-refractivity contribution in [3.63, 3.8) is 0 Å². The summed E-state index contributed by atoms with van der Waals surface area (Å²) in [7, 11) is 0. The maximum absolute atomic E-state index is 11.7. The normalized spacial score (nSPS) is 13.0. The molecule has 0 unspecified atom stereocenters. The predicted octanol–water partition coefficient (Wildman–Crippen LogP) is 4.87. The first kappa shape index (κ1) is 18.9. The SMILES string of the molecule is Cc1ccccc1N=C1c2cc([N+](=O)[O-])ccc2-c2c1cc([N+](=O)[O-])cc2[N+](=O)[O-]. The fourth-order valence-electron chi connectivity index (χ4n) is 3.47. The van der Waals surface area contributed by atoms with Crippen LogP contribution in [0.2, 0.25) is 0 Å². The molecule has 0 aromatic heterocycles. The fraction of sp³-hybridized carbons (Fsp3) is 0.0500. The number of aliphatic imine (C=N–C) groups is 1. The molecule has 30 heavy (non-hydrogen) atoms. The molecule has 1 aliphatic carbocycles. The van der Waals surface area contributed by atoms with Crippen LogP contribution in [0.5, 0.6) is 0 Å². The largest absolute Gasteiger partial charge is 0.284 e. The molecule has 0 amide bonds. The number of benzene rings is 3. The first-order valence-electron chi connectivity index (χ1n) is 8.68. The standard InChI is InChI=1S/C20H12N4O6/c1-11-4-2-3-5-17(11)21-20-15-8-12(22(25)26)6-7-14(15)19-16(20)9-13(23(27)28)10-18(19)24(29)30/h2-10H,1H3. The lowest BCUT2D eigenvalue weighted by atomic mass is 10.0. The lowest BCUT2D eigenvalue weighted by Gasteiger charge is -2.05. The van der Waals surface area contributed by atoms with Gasteiger partial charge in [-0.25, -0.2) is 4.99 Å². The Labute approximate surface area is 168 Å². The average Bonchev–Trinajstić information content (AvgIpc) is 3.01. The Kier molecular flexibility index (Phi) is 4.31. The molecule has 0 N–H and O–H groups in total. The predicted molar refractivity (Wildman–Crippen MR) is 108 cm³/mol. The van der Waals surface area contributed by atoms with Gasteiger partial charge in [0.15, 0.2) is 0 Å². The topological polar surface area (TPSA) is 142 Å². The van der Waals surface area contributed by atoms with Crippen LogP contribution in [0.1, 0.15) is 16.7 Å². The minimum atomic E-state index is -0.718. The number of fused-ring (bicyclic) bond motifs is 3. The van der Waals surface area contributed by atoms with Crippen molar-refractivity contribution in [2.24, 2.45) is 4.99 Å². The van der Waals surface area contributed by atoms with Gasteiger partial charge in [0.1, 0.15) is 0 Å². The van der Waals surface area contributed by atoms with Gasteiger partial charge in [-0.05, 0) is 30.2 Å². The monoisotopic (exact) mass is 404 g/mol. The van der Waals surface area contributed by atoms with Crippen LogP contribution in [-0.4, -0.2) is 20.5 Å². The van der Waals surface area contributed by atoms with Crippen LogP contribution >= 0.6 is 0 Å². The van der Waals surface area contributed by atoms with E-state index in [1.807, 2.05) is 19.1 Å². The molecule has 0 saturated carbocycles. The number of nitro groups is 3. The summed E-state index contributed by atoms with van der Waals surface area (Å²) in [6, 6.07) is 13.1. The number of hydrogen-bond donors (Lipinski definition) is 0. The van der Waals surface area contributed by atoms with Crippen molar-refractivity contribution in [2.75, 3.05) is 0 Å². The van der Waals surface area contributed by atoms with E-state index in [-0.39, 0.29) is 22.5 Å². The van der Waals surface area contributed by atoms with Crippen molar-refractivity contribution >= 4 is 28.5 Å². The van der Waals surface area contributed by atoms with Crippen molar-refractivity contribution < 1.29 is 14.8 Å². The van der Waals surface area contributed by atoms with E-state index in [1.165, 1.54) is 24.3 Å². The highest BCUT2D eigenvalue weighted by Crippen LogP contribution is 2.46. The summed E-state index contributed by atoms with van der Waals surface area (Å²) >= 11 is 0. The molecular formula is C20H12N4O6. The Morgan fingerprint density at radius 1 is 0.733 bits per heavy atom. The number of nitrogens with zero attached hydrogens (tertiary/aromatic N) is 4. The Hall–Kier alpha value is -4.47. The van der Waals surface area contributed by atoms with Crippen LogP contribution in [-0.2, 0) is 0 Å². The first-order chi connectivity index (χ1) is 14.3. The number of aryl methyl sites for hydroxylation is 1. The van der Waals surface area contributed by atoms with Crippen LogP contribution in [0.4, 0.5) is 22.7 Å². The minimum absolute atomic E-state index is 0.155. The molecule has 10 nitrogen and oxygen atoms in total. The van der Waals surface area contributed by atoms with E-state index in [2.05, 4.69) is 4.99 Å². The van der Waals surface area contributed by atoms with Crippen molar-refractivity contribution in [1.82, 2.24) is 0 Å². The second-order valence-corrected chi connectivity index (χ2v) is 6.64. The molecule has 1 aliphatic rings. The molecule has 0 fully saturated rings. The van der Waals surface area contributed by atoms with Crippen molar-refractivity contribution in [2.45, 2.75) is 6.92 Å². The number of rotatable bonds is 4. The molecule has 148 valence electrons. The maximum atomic E-state index is 11.7. The summed E-state index contributed by atoms with van der Waals surface area (Å²) in [6.07, 6.45) is 0. The summed E-state index contributed by atoms with van der Waals surface area (Å²) in [5, 5.41) is 34.3. The second-order valence-electron chi connectivity index (χ2n) is 6.64. The van der Waals surface area contributed by atoms with Crippen LogP contribution in [0, 0.1) is 37.3 Å². The molecule has 4 rings (SSSR count). The van der Waals surface area contributed by atoms with E-state index in [0.717, 1.165) is 11.6 Å². The quantitative estimate of drug-likeness (QED) is 0.351. The fourth-order valence-corrected chi connectivity index (χ4v) is 3.47. The highest BCUT2D eigenvalue weighted by Gasteiger charge is 2.36. The molecule has 3 aromatic rings. The van der Waals surface area contributed by atoms with E-state index in [9.17, 15) is 30.3 Å². The zero-order chi connectivity index (χ0) is 21.6. The number of hydrogen-bond acceptors (Lipinski definition) is 7. The number of non-ortho nitro benzene ring substituents is 2. The highest BCUT2D eigenvalue weighted by atomic mass is 16.6. The Morgan fingerprint density at radius 3 is 2.03 bits per heavy atom. The molecule has 0 atom stereocenters. The van der Waals surface area contributed by atoms with Crippen molar-refractivity contribution in [3.8, 4) is 11.1 Å². The van der Waals surface area contributed by atoms with E-state index >= 15 is 0 Å². The zero-order valence-electron chi connectivity index (χ0n) is 15.4. The average molecular weight is 404 g/mol. The zero-order valence-corrected chi connectivity index (χ0v) is 15.4. The van der Waals surface area contributed by atoms with Gasteiger partial charge in [-0.2, -0.15) is 0 Å². The molecule has 0 saturated heterocycles. The van der Waals surface area contributed by atoms with Gasteiger partial charge in [0.2, 0.25) is 0 Å². The minimum Gasteiger partial charge on any atom is -0.258 e. The third-order valence-electron chi connectivity index (χ3n) is 4.85. The summed E-state index contributed by atoms with van der Waals surface area (Å²) in [4.78, 5) is 36.9. The molecule has 10 heteroatoms. The number of para-hydroxylation sites is 1. The van der Waals surface area contributed by atoms with Gasteiger partial charge in [-0.1, -0.05) is 18.2 Å². The van der Waals surface area contributed by atoms with E-state index < -0.39 is 26.1 Å². The molecule has 0 aliphatic heterocycles. The van der Waals surface area contributed by atoms with Gasteiger partial charge in [0.25, 0.3) is 17.1 Å². The van der Waals surface area contributed by atoms with Crippen LogP contribution in [0.25, 0.3) is 11.1 Å². The van der Waals surface area contributed by atoms with Gasteiger partial charge in [0, 0.05) is 29.3 Å². The molecule has 0 heterocycles. The van der Waals surface area contributed by atoms with Gasteiger partial charge >= 0.3 is 0 Å². The summed E-state index contributed by atoms with van der Waals surface area (Å²) in [5.74, 6) is 0. The van der Waals surface area contributed by atoms with Crippen LogP contribution < -0.4 is 0 Å². The highest BCUT2D eigenvalue weighted by molar-refractivity contribution is 6.27. The van der Waals surface area contributed by atoms with Crippen LogP contribution in [0.15, 0.2) is 59.6 Å². The Bertz CT molecular complexity index is 1300. The molecule has 0 spiro atoms. The smallest absolute Gasteiger partial charge is 0.258 e. The molecular weight excluding hydrogens is 392 g/mol. The van der Waals surface area contributed by atoms with Gasteiger partial charge in [0.05, 0.1) is 37.8 Å². The van der Waals surface area contributed by atoms with Gasteiger partial charge < -0.3 is 0 Å². The van der Waals surface area contributed by atoms with Gasteiger partial charge in [-0.3, -0.25) is 30.3 Å². The lowest BCUT2D eigenvalue weighted by Crippen LogP contribution is -2.01. The molecule has 0 radical (unpaired) electrons. The number of nitro benzene ring substituents is 3. The third kappa shape index (κ3) is 2.96. The second kappa shape index (κ2) is 6.85. The summed E-state index contributed by atoms with van der Waals surface area (Å²) in [6.45, 7) is 1.82. The Balaban J connectivity index is 2.11. The van der Waals surface area contributed by atoms with Crippen molar-refractivity contribution in [1.29, 1.82) is 0 Å². The first-order valence-corrected chi connectivity index (χ1v) is 8.68. The Morgan fingerprint density at radius 2 is 1.40 bits per heavy atom. The van der Waals surface area contributed by atoms with E-state index in [4.69, 9.17) is 0 Å². The van der Waals surface area contributed by atoms with E-state index in [0.29, 0.717) is 16.8 Å². The summed E-state index contributed by atoms with van der Waals surface area (Å²) < 4.78 is 0. The third-order valence-corrected chi connectivity index (χ3v) is 4.85. The van der Waals surface area contributed by atoms with E-state index in [1.54, 1.807) is 12.1 Å².